The van der Waals surface area contributed by atoms with Crippen molar-refractivity contribution in [2.75, 3.05) is 9.80 Å². The topological polar surface area (TPSA) is 132 Å². The highest BCUT2D eigenvalue weighted by Gasteiger charge is 2.76. The van der Waals surface area contributed by atoms with Gasteiger partial charge in [0.05, 0.1) is 28.8 Å². The Balaban J connectivity index is 1.38. The third-order valence-electron chi connectivity index (χ3n) is 9.50. The fraction of sp³-hybridized carbons (Fsp3) is 0.242. The lowest BCUT2D eigenvalue weighted by molar-refractivity contribution is -0.125. The van der Waals surface area contributed by atoms with Crippen molar-refractivity contribution in [3.63, 3.8) is 0 Å². The number of para-hydroxylation sites is 1. The van der Waals surface area contributed by atoms with Crippen molar-refractivity contribution in [3.8, 4) is 5.75 Å². The first-order chi connectivity index (χ1) is 21.4. The van der Waals surface area contributed by atoms with Gasteiger partial charge in [-0.15, -0.1) is 23.2 Å². The first-order valence-electron chi connectivity index (χ1n) is 14.1. The van der Waals surface area contributed by atoms with Gasteiger partial charge in [0.1, 0.15) is 11.6 Å². The van der Waals surface area contributed by atoms with E-state index in [2.05, 4.69) is 0 Å². The van der Waals surface area contributed by atoms with Gasteiger partial charge in [0.2, 0.25) is 11.8 Å². The second-order valence-corrected chi connectivity index (χ2v) is 12.9. The molecule has 6 atom stereocenters. The third kappa shape index (κ3) is 3.88. The van der Waals surface area contributed by atoms with Crippen molar-refractivity contribution in [1.29, 1.82) is 0 Å². The predicted octanol–water partition coefficient (Wildman–Crippen LogP) is 5.00. The first kappa shape index (κ1) is 29.2. The van der Waals surface area contributed by atoms with Crippen LogP contribution in [0.3, 0.4) is 0 Å². The van der Waals surface area contributed by atoms with Gasteiger partial charge in [-0.25, -0.2) is 14.1 Å². The molecule has 3 fully saturated rings. The fourth-order valence-electron chi connectivity index (χ4n) is 7.51. The highest BCUT2D eigenvalue weighted by atomic mass is 35.5. The van der Waals surface area contributed by atoms with Crippen LogP contribution in [0.25, 0.3) is 0 Å². The Hall–Kier alpha value is -4.54. The van der Waals surface area contributed by atoms with Crippen LogP contribution in [-0.4, -0.2) is 49.6 Å². The van der Waals surface area contributed by atoms with E-state index in [9.17, 15) is 38.6 Å². The number of carboxylic acid groups (broad SMARTS) is 1. The summed E-state index contributed by atoms with van der Waals surface area (Å²) in [6.07, 6.45) is 1.52. The molecule has 6 unspecified atom stereocenters. The Bertz CT molecular complexity index is 1880. The molecule has 1 saturated carbocycles. The zero-order valence-corrected chi connectivity index (χ0v) is 24.7. The number of imide groups is 2. The standard InChI is InChI=1S/C33H23Cl2FN2O7/c34-32-15-23-20(12-13-22-25(23)28(41)37(27(22)40)19-5-3-4-16(14-19)29(42)43)26(21-6-1-2-7-24(21)39)33(32,35)31(45)38(30(32)44)18-10-8-17(36)9-11-18/h1-12,14,22-23,25-26,39H,13,15H2,(H,42,43). The second-order valence-electron chi connectivity index (χ2n) is 11.7. The van der Waals surface area contributed by atoms with Gasteiger partial charge in [-0.1, -0.05) is 35.9 Å². The van der Waals surface area contributed by atoms with Gasteiger partial charge in [0, 0.05) is 11.5 Å². The van der Waals surface area contributed by atoms with Crippen LogP contribution in [0, 0.1) is 23.6 Å². The van der Waals surface area contributed by atoms with E-state index in [0.717, 1.165) is 21.9 Å². The molecule has 2 N–H and O–H groups in total. The predicted molar refractivity (Wildman–Crippen MR) is 161 cm³/mol. The Morgan fingerprint density at radius 1 is 0.844 bits per heavy atom. The number of phenolic OH excluding ortho intramolecular Hbond substituents is 1. The van der Waals surface area contributed by atoms with Gasteiger partial charge < -0.3 is 10.2 Å². The average molecular weight is 649 g/mol. The van der Waals surface area contributed by atoms with E-state index in [1.165, 1.54) is 42.5 Å². The van der Waals surface area contributed by atoms with Crippen LogP contribution in [0.1, 0.15) is 34.7 Å². The number of allylic oxidation sites excluding steroid dienone is 2. The second kappa shape index (κ2) is 9.98. The number of aromatic carboxylic acids is 1. The third-order valence-corrected chi connectivity index (χ3v) is 10.9. The van der Waals surface area contributed by atoms with Crippen molar-refractivity contribution < 1.29 is 38.6 Å². The van der Waals surface area contributed by atoms with E-state index in [1.807, 2.05) is 0 Å². The molecule has 228 valence electrons. The van der Waals surface area contributed by atoms with Crippen molar-refractivity contribution in [3.05, 3.63) is 101 Å². The molecule has 2 saturated heterocycles. The Kier molecular flexibility index (Phi) is 6.48. The number of benzene rings is 3. The molecule has 7 rings (SSSR count). The normalized spacial score (nSPS) is 30.6. The maximum Gasteiger partial charge on any atom is 0.335 e. The summed E-state index contributed by atoms with van der Waals surface area (Å²) < 4.78 is 13.8. The van der Waals surface area contributed by atoms with Gasteiger partial charge in [0.25, 0.3) is 11.8 Å². The smallest absolute Gasteiger partial charge is 0.335 e. The number of phenols is 1. The molecular weight excluding hydrogens is 626 g/mol. The molecule has 2 aliphatic carbocycles. The Morgan fingerprint density at radius 2 is 1.56 bits per heavy atom. The minimum Gasteiger partial charge on any atom is -0.508 e. The summed E-state index contributed by atoms with van der Waals surface area (Å²) in [7, 11) is 0. The number of amides is 4. The molecule has 4 aliphatic rings. The summed E-state index contributed by atoms with van der Waals surface area (Å²) >= 11 is 14.6. The van der Waals surface area contributed by atoms with E-state index in [1.54, 1.807) is 24.3 Å². The van der Waals surface area contributed by atoms with E-state index in [4.69, 9.17) is 23.2 Å². The summed E-state index contributed by atoms with van der Waals surface area (Å²) in [6, 6.07) is 16.3. The number of aromatic hydroxyl groups is 1. The SMILES string of the molecule is O=C(O)c1cccc(N2C(=O)C3CC=C4C(CC5(Cl)C(=O)N(c6ccc(F)cc6)C(=O)C5(Cl)C4c4ccccc4O)C3C2=O)c1. The molecule has 3 aromatic rings. The molecule has 45 heavy (non-hydrogen) atoms. The molecule has 12 heteroatoms. The molecule has 0 aromatic heterocycles. The van der Waals surface area contributed by atoms with Gasteiger partial charge >= 0.3 is 5.97 Å². The molecule has 0 spiro atoms. The molecular formula is C33H23Cl2FN2O7. The van der Waals surface area contributed by atoms with Crippen molar-refractivity contribution in [2.45, 2.75) is 28.5 Å². The van der Waals surface area contributed by atoms with Gasteiger partial charge in [-0.3, -0.25) is 24.1 Å². The van der Waals surface area contributed by atoms with Crippen LogP contribution in [0.4, 0.5) is 15.8 Å². The minimum absolute atomic E-state index is 0.0447. The molecule has 0 bridgehead atoms. The van der Waals surface area contributed by atoms with Crippen LogP contribution in [0.2, 0.25) is 0 Å². The molecule has 2 aliphatic heterocycles. The van der Waals surface area contributed by atoms with Crippen LogP contribution in [0.15, 0.2) is 84.4 Å². The number of carboxylic acids is 1. The minimum atomic E-state index is -2.17. The zero-order chi connectivity index (χ0) is 32.0. The lowest BCUT2D eigenvalue weighted by atomic mass is 9.56. The number of carbonyl (C=O) groups excluding carboxylic acids is 4. The van der Waals surface area contributed by atoms with E-state index >= 15 is 0 Å². The highest BCUT2D eigenvalue weighted by Crippen LogP contribution is 2.66. The monoisotopic (exact) mass is 648 g/mol. The van der Waals surface area contributed by atoms with Crippen LogP contribution in [0.5, 0.6) is 5.75 Å². The fourth-order valence-corrected chi connectivity index (χ4v) is 8.44. The summed E-state index contributed by atoms with van der Waals surface area (Å²) in [4.78, 5) is 65.5. The summed E-state index contributed by atoms with van der Waals surface area (Å²) in [5.74, 6) is -8.82. The number of hydrogen-bond donors (Lipinski definition) is 2. The van der Waals surface area contributed by atoms with Crippen LogP contribution in [-0.2, 0) is 19.2 Å². The Morgan fingerprint density at radius 3 is 2.24 bits per heavy atom. The van der Waals surface area contributed by atoms with Gasteiger partial charge in [-0.05, 0) is 67.3 Å². The molecule has 3 aromatic carbocycles. The summed E-state index contributed by atoms with van der Waals surface area (Å²) in [6.45, 7) is 0. The van der Waals surface area contributed by atoms with Crippen molar-refractivity contribution >= 4 is 64.2 Å². The number of anilines is 2. The van der Waals surface area contributed by atoms with Crippen LogP contribution < -0.4 is 9.80 Å². The van der Waals surface area contributed by atoms with Crippen molar-refractivity contribution in [1.82, 2.24) is 0 Å². The number of hydrogen-bond acceptors (Lipinski definition) is 6. The lowest BCUT2D eigenvalue weighted by Gasteiger charge is -2.50. The molecule has 4 amide bonds. The molecule has 9 nitrogen and oxygen atoms in total. The maximum atomic E-state index is 14.3. The zero-order valence-electron chi connectivity index (χ0n) is 23.2. The van der Waals surface area contributed by atoms with Crippen molar-refractivity contribution in [2.24, 2.45) is 17.8 Å². The quantitative estimate of drug-likeness (QED) is 0.231. The average Bonchev–Trinajstić information content (AvgIpc) is 3.36. The first-order valence-corrected chi connectivity index (χ1v) is 14.9. The maximum absolute atomic E-state index is 14.3. The summed E-state index contributed by atoms with van der Waals surface area (Å²) in [5, 5.41) is 20.5. The largest absolute Gasteiger partial charge is 0.508 e. The molecule has 0 radical (unpaired) electrons. The van der Waals surface area contributed by atoms with Gasteiger partial charge in [-0.2, -0.15) is 0 Å². The number of carbonyl (C=O) groups is 5. The number of alkyl halides is 2. The lowest BCUT2D eigenvalue weighted by Crippen LogP contribution is -2.60. The van der Waals surface area contributed by atoms with E-state index < -0.39 is 68.8 Å². The number of fused-ring (bicyclic) bond motifs is 4. The van der Waals surface area contributed by atoms with E-state index in [0.29, 0.717) is 5.57 Å². The summed E-state index contributed by atoms with van der Waals surface area (Å²) in [5.41, 5.74) is 0.714. The highest BCUT2D eigenvalue weighted by molar-refractivity contribution is 6.58. The van der Waals surface area contributed by atoms with E-state index in [-0.39, 0.29) is 41.1 Å². The number of rotatable bonds is 4. The van der Waals surface area contributed by atoms with Crippen LogP contribution >= 0.6 is 23.2 Å². The Labute approximate surface area is 265 Å². The molecule has 2 heterocycles. The number of nitrogens with zero attached hydrogens (tertiary/aromatic N) is 2. The number of halogens is 3. The van der Waals surface area contributed by atoms with Gasteiger partial charge in [0.15, 0.2) is 9.75 Å².